The summed E-state index contributed by atoms with van der Waals surface area (Å²) >= 11 is 0. The Balaban J connectivity index is 1.69. The molecule has 0 bridgehead atoms. The Morgan fingerprint density at radius 2 is 1.48 bits per heavy atom. The second-order valence-corrected chi connectivity index (χ2v) is 14.1. The van der Waals surface area contributed by atoms with Gasteiger partial charge in [0.2, 0.25) is 10.0 Å². The number of carbonyl (C=O) groups is 2. The lowest BCUT2D eigenvalue weighted by Gasteiger charge is -2.31. The maximum Gasteiger partial charge on any atom is 0.420 e. The minimum absolute atomic E-state index is 0.0144. The smallest absolute Gasteiger partial charge is 0.420 e. The van der Waals surface area contributed by atoms with Crippen molar-refractivity contribution in [2.45, 2.75) is 49.6 Å². The number of carbonyl (C=O) groups excluding carboxylic acids is 2. The Morgan fingerprint density at radius 1 is 0.900 bits per heavy atom. The van der Waals surface area contributed by atoms with Crippen molar-refractivity contribution in [3.05, 3.63) is 136 Å². The van der Waals surface area contributed by atoms with E-state index in [1.807, 2.05) is 74.5 Å². The van der Waals surface area contributed by atoms with E-state index in [-0.39, 0.29) is 35.2 Å². The molecule has 2 atom stereocenters. The molecule has 12 nitrogen and oxygen atoms in total. The molecule has 0 spiro atoms. The molecule has 0 saturated carbocycles. The van der Waals surface area contributed by atoms with Crippen molar-refractivity contribution in [1.82, 2.24) is 4.31 Å². The number of anilines is 1. The Bertz CT molecular complexity index is 1820. The molecule has 0 radical (unpaired) electrons. The van der Waals surface area contributed by atoms with E-state index in [1.54, 1.807) is 24.3 Å². The highest BCUT2D eigenvalue weighted by Gasteiger charge is 2.36. The zero-order chi connectivity index (χ0) is 36.4. The molecular weight excluding hydrogens is 660 g/mol. The van der Waals surface area contributed by atoms with Crippen molar-refractivity contribution in [3.8, 4) is 0 Å². The first-order valence-corrected chi connectivity index (χ1v) is 17.6. The lowest BCUT2D eigenvalue weighted by Crippen LogP contribution is -2.50. The van der Waals surface area contributed by atoms with Crippen LogP contribution in [-0.2, 0) is 26.0 Å². The van der Waals surface area contributed by atoms with Crippen LogP contribution in [0.2, 0.25) is 0 Å². The number of nitro benzene ring substituents is 1. The monoisotopic (exact) mass is 702 g/mol. The van der Waals surface area contributed by atoms with Gasteiger partial charge in [0, 0.05) is 24.6 Å². The van der Waals surface area contributed by atoms with Crippen LogP contribution in [0, 0.1) is 16.0 Å². The predicted molar refractivity (Wildman–Crippen MR) is 190 cm³/mol. The molecule has 13 heteroatoms. The fourth-order valence-corrected chi connectivity index (χ4v) is 7.38. The highest BCUT2D eigenvalue weighted by Crippen LogP contribution is 2.31. The maximum atomic E-state index is 14.2. The zero-order valence-corrected chi connectivity index (χ0v) is 29.0. The molecule has 4 aromatic carbocycles. The number of nitrogens with zero attached hydrogens (tertiary/aromatic N) is 3. The molecule has 0 saturated heterocycles. The van der Waals surface area contributed by atoms with Crippen LogP contribution in [0.1, 0.15) is 42.9 Å². The number of non-ortho nitro benzene ring substituents is 1. The van der Waals surface area contributed by atoms with Gasteiger partial charge >= 0.3 is 6.09 Å². The third kappa shape index (κ3) is 8.98. The quantitative estimate of drug-likeness (QED) is 0.120. The van der Waals surface area contributed by atoms with E-state index in [9.17, 15) is 33.2 Å². The molecule has 0 fully saturated rings. The van der Waals surface area contributed by atoms with Crippen LogP contribution in [-0.4, -0.2) is 67.1 Å². The fourth-order valence-electron chi connectivity index (χ4n) is 5.75. The number of benzene rings is 4. The second-order valence-electron chi connectivity index (χ2n) is 12.2. The van der Waals surface area contributed by atoms with Gasteiger partial charge in [0.25, 0.3) is 11.6 Å². The first kappa shape index (κ1) is 37.9. The standard InChI is InChI=1S/C37H42N4O8S/c1-26(2)21-22-39(50(47,48)33-19-17-30(18-20-33)41(45)46)32(25-42)24-27-11-10-16-31(23-27)40(37(44)49-3)36(43)35(38)34(28-12-6-4-7-13-28)29-14-8-5-9-15-29/h4-20,23,26,32,34-35,42H,21-22,24-25,38H2,1-3H3/t32-,35-/m0/s1. The molecule has 0 heterocycles. The van der Waals surface area contributed by atoms with Gasteiger partial charge in [-0.05, 0) is 59.7 Å². The van der Waals surface area contributed by atoms with Crippen molar-refractivity contribution in [1.29, 1.82) is 0 Å². The number of nitrogens with two attached hydrogens (primary N) is 1. The van der Waals surface area contributed by atoms with Crippen LogP contribution in [0.25, 0.3) is 0 Å². The van der Waals surface area contributed by atoms with Crippen LogP contribution in [0.5, 0.6) is 0 Å². The average Bonchev–Trinajstić information content (AvgIpc) is 3.12. The Labute approximate surface area is 292 Å². The summed E-state index contributed by atoms with van der Waals surface area (Å²) in [5, 5.41) is 21.7. The number of amides is 2. The van der Waals surface area contributed by atoms with Gasteiger partial charge in [-0.25, -0.2) is 18.1 Å². The number of imide groups is 1. The number of sulfonamides is 1. The van der Waals surface area contributed by atoms with Gasteiger partial charge in [0.1, 0.15) is 0 Å². The van der Waals surface area contributed by atoms with Crippen LogP contribution in [0.4, 0.5) is 16.2 Å². The molecule has 0 unspecified atom stereocenters. The van der Waals surface area contributed by atoms with Gasteiger partial charge in [0.15, 0.2) is 0 Å². The van der Waals surface area contributed by atoms with Crippen LogP contribution < -0.4 is 10.6 Å². The summed E-state index contributed by atoms with van der Waals surface area (Å²) in [5.41, 5.74) is 8.65. The number of aliphatic hydroxyl groups is 1. The molecule has 50 heavy (non-hydrogen) atoms. The number of aliphatic hydroxyl groups excluding tert-OH is 1. The van der Waals surface area contributed by atoms with E-state index in [4.69, 9.17) is 10.5 Å². The summed E-state index contributed by atoms with van der Waals surface area (Å²) in [7, 11) is -3.05. The van der Waals surface area contributed by atoms with Gasteiger partial charge in [-0.2, -0.15) is 4.31 Å². The normalized spacial score (nSPS) is 12.9. The minimum atomic E-state index is -4.21. The minimum Gasteiger partial charge on any atom is -0.452 e. The number of ether oxygens (including phenoxy) is 1. The number of hydrogen-bond acceptors (Lipinski definition) is 9. The van der Waals surface area contributed by atoms with E-state index in [1.165, 1.54) is 16.4 Å². The number of nitro groups is 1. The highest BCUT2D eigenvalue weighted by atomic mass is 32.2. The predicted octanol–water partition coefficient (Wildman–Crippen LogP) is 5.49. The summed E-state index contributed by atoms with van der Waals surface area (Å²) in [6, 6.07) is 27.4. The Hall–Kier alpha value is -4.95. The first-order valence-electron chi connectivity index (χ1n) is 16.1. The van der Waals surface area contributed by atoms with Crippen LogP contribution in [0.15, 0.2) is 114 Å². The molecule has 2 amide bonds. The van der Waals surface area contributed by atoms with Gasteiger partial charge in [-0.3, -0.25) is 14.9 Å². The Morgan fingerprint density at radius 3 is 1.98 bits per heavy atom. The third-order valence-corrected chi connectivity index (χ3v) is 10.3. The third-order valence-electron chi connectivity index (χ3n) is 8.38. The van der Waals surface area contributed by atoms with E-state index in [0.717, 1.165) is 35.3 Å². The van der Waals surface area contributed by atoms with Crippen molar-refractivity contribution in [2.24, 2.45) is 11.7 Å². The molecule has 0 aromatic heterocycles. The van der Waals surface area contributed by atoms with Gasteiger partial charge < -0.3 is 15.6 Å². The Kier molecular flexibility index (Phi) is 13.0. The molecule has 264 valence electrons. The average molecular weight is 703 g/mol. The maximum absolute atomic E-state index is 14.2. The lowest BCUT2D eigenvalue weighted by atomic mass is 9.84. The molecule has 0 aliphatic rings. The summed E-state index contributed by atoms with van der Waals surface area (Å²) in [5.74, 6) is -1.19. The van der Waals surface area contributed by atoms with E-state index in [2.05, 4.69) is 0 Å². The van der Waals surface area contributed by atoms with E-state index in [0.29, 0.717) is 12.0 Å². The SMILES string of the molecule is COC(=O)N(C(=O)[C@@H](N)C(c1ccccc1)c1ccccc1)c1cccc(C[C@@H](CO)N(CCC(C)C)S(=O)(=O)c2ccc([N+](=O)[O-])cc2)c1. The topological polar surface area (TPSA) is 173 Å². The zero-order valence-electron chi connectivity index (χ0n) is 28.2. The molecule has 0 aliphatic carbocycles. The van der Waals surface area contributed by atoms with Crippen LogP contribution >= 0.6 is 0 Å². The summed E-state index contributed by atoms with van der Waals surface area (Å²) in [6.07, 6.45) is -0.462. The van der Waals surface area contributed by atoms with Crippen LogP contribution in [0.3, 0.4) is 0 Å². The van der Waals surface area contributed by atoms with Crippen molar-refractivity contribution < 1.29 is 32.8 Å². The highest BCUT2D eigenvalue weighted by molar-refractivity contribution is 7.89. The molecule has 3 N–H and O–H groups in total. The molecule has 4 aromatic rings. The van der Waals surface area contributed by atoms with E-state index >= 15 is 0 Å². The van der Waals surface area contributed by atoms with Crippen molar-refractivity contribution in [2.75, 3.05) is 25.2 Å². The number of hydrogen-bond donors (Lipinski definition) is 2. The second kappa shape index (κ2) is 17.1. The number of methoxy groups -OCH3 is 1. The van der Waals surface area contributed by atoms with Gasteiger partial charge in [-0.1, -0.05) is 86.6 Å². The summed E-state index contributed by atoms with van der Waals surface area (Å²) < 4.78 is 34.0. The van der Waals surface area contributed by atoms with Gasteiger partial charge in [0.05, 0.1) is 41.3 Å². The molecule has 0 aliphatic heterocycles. The molecule has 4 rings (SSSR count). The first-order chi connectivity index (χ1) is 23.9. The lowest BCUT2D eigenvalue weighted by molar-refractivity contribution is -0.384. The molecular formula is C37H42N4O8S. The van der Waals surface area contributed by atoms with E-state index < -0.39 is 51.6 Å². The largest absolute Gasteiger partial charge is 0.452 e. The van der Waals surface area contributed by atoms with Gasteiger partial charge in [-0.15, -0.1) is 0 Å². The number of rotatable bonds is 15. The summed E-state index contributed by atoms with van der Waals surface area (Å²) in [6.45, 7) is 3.41. The summed E-state index contributed by atoms with van der Waals surface area (Å²) in [4.78, 5) is 38.6. The van der Waals surface area contributed by atoms with Crippen molar-refractivity contribution in [3.63, 3.8) is 0 Å². The van der Waals surface area contributed by atoms with Crippen molar-refractivity contribution >= 4 is 33.4 Å². The fraction of sp³-hybridized carbons (Fsp3) is 0.297.